The normalized spacial score (nSPS) is 16.3. The number of hydrogen-bond donors (Lipinski definition) is 2. The van der Waals surface area contributed by atoms with Gasteiger partial charge in [-0.15, -0.1) is 0 Å². The Hall–Kier alpha value is -1.59. The quantitative estimate of drug-likeness (QED) is 0.705. The summed E-state index contributed by atoms with van der Waals surface area (Å²) in [5, 5.41) is 7.33. The van der Waals surface area contributed by atoms with Gasteiger partial charge in [-0.3, -0.25) is 10.2 Å². The van der Waals surface area contributed by atoms with Crippen molar-refractivity contribution in [1.82, 2.24) is 0 Å². The average Bonchev–Trinajstić information content (AvgIpc) is 2.23. The molecule has 1 aliphatic rings. The van der Waals surface area contributed by atoms with Crippen LogP contribution in [0.4, 0.5) is 0 Å². The van der Waals surface area contributed by atoms with E-state index in [1.165, 1.54) is 24.3 Å². The number of rotatable bonds is 1. The molecule has 15 heavy (non-hydrogen) atoms. The van der Waals surface area contributed by atoms with E-state index >= 15 is 0 Å². The van der Waals surface area contributed by atoms with Crippen LogP contribution >= 0.6 is 0 Å². The number of allylic oxidation sites excluding steroid dienone is 1. The lowest BCUT2D eigenvalue weighted by Gasteiger charge is -2.11. The molecule has 0 aromatic heterocycles. The number of Topliss-reactive ketones (excluding diaryl/α,β-unsaturated/α-hetero) is 1. The minimum absolute atomic E-state index is 0.108. The number of benzene rings is 1. The topological polar surface area (TPSA) is 78.2 Å². The first kappa shape index (κ1) is 9.95. The van der Waals surface area contributed by atoms with Gasteiger partial charge in [-0.25, -0.2) is 4.21 Å². The number of ketones is 1. The zero-order valence-electron chi connectivity index (χ0n) is 7.56. The Morgan fingerprint density at radius 1 is 1.27 bits per heavy atom. The molecule has 5 heteroatoms. The number of nitrogens with one attached hydrogen (secondary N) is 1. The number of carbonyl (C=O) groups is 1. The highest BCUT2D eigenvalue weighted by atomic mass is 32.2. The molecule has 1 aromatic carbocycles. The minimum Gasteiger partial charge on any atom is -0.302 e. The first-order chi connectivity index (χ1) is 7.11. The molecule has 1 atom stereocenters. The van der Waals surface area contributed by atoms with Gasteiger partial charge in [0.25, 0.3) is 0 Å². The van der Waals surface area contributed by atoms with E-state index in [-0.39, 0.29) is 10.6 Å². The summed E-state index contributed by atoms with van der Waals surface area (Å²) < 4.78 is 20.0. The summed E-state index contributed by atoms with van der Waals surface area (Å²) >= 11 is -2.12. The molecule has 4 nitrogen and oxygen atoms in total. The van der Waals surface area contributed by atoms with Crippen molar-refractivity contribution >= 4 is 28.7 Å². The summed E-state index contributed by atoms with van der Waals surface area (Å²) in [6.45, 7) is 0. The summed E-state index contributed by atoms with van der Waals surface area (Å²) in [7, 11) is 0. The summed E-state index contributed by atoms with van der Waals surface area (Å²) in [5.41, 5.74) is 0.630. The third-order valence-electron chi connectivity index (χ3n) is 2.16. The van der Waals surface area contributed by atoms with Crippen molar-refractivity contribution in [2.45, 2.75) is 4.90 Å². The highest BCUT2D eigenvalue weighted by molar-refractivity contribution is 7.79. The highest BCUT2D eigenvalue weighted by Crippen LogP contribution is 2.23. The van der Waals surface area contributed by atoms with Crippen LogP contribution in [0.2, 0.25) is 0 Å². The molecule has 76 valence electrons. The van der Waals surface area contributed by atoms with Gasteiger partial charge in [-0.05, 0) is 12.1 Å². The van der Waals surface area contributed by atoms with Gasteiger partial charge in [0.15, 0.2) is 11.1 Å². The molecule has 1 aromatic rings. The van der Waals surface area contributed by atoms with E-state index in [9.17, 15) is 9.00 Å². The minimum atomic E-state index is -2.12. The zero-order valence-corrected chi connectivity index (χ0v) is 8.38. The molecule has 0 heterocycles. The van der Waals surface area contributed by atoms with E-state index in [4.69, 9.17) is 9.96 Å². The van der Waals surface area contributed by atoms with Gasteiger partial charge in [0.05, 0.1) is 4.90 Å². The van der Waals surface area contributed by atoms with Crippen molar-refractivity contribution < 1.29 is 13.6 Å². The number of hydrogen-bond acceptors (Lipinski definition) is 3. The number of carbonyl (C=O) groups excluding carboxylic acids is 1. The van der Waals surface area contributed by atoms with Crippen LogP contribution in [0.15, 0.2) is 29.2 Å². The fourth-order valence-corrected chi connectivity index (χ4v) is 2.01. The summed E-state index contributed by atoms with van der Waals surface area (Å²) in [6.07, 6.45) is 2.85. The molecular weight excluding hydrogens is 214 g/mol. The van der Waals surface area contributed by atoms with E-state index in [0.29, 0.717) is 11.1 Å². The molecule has 1 aliphatic carbocycles. The molecule has 0 fully saturated rings. The van der Waals surface area contributed by atoms with Crippen molar-refractivity contribution in [2.75, 3.05) is 0 Å². The van der Waals surface area contributed by atoms with E-state index in [1.807, 2.05) is 0 Å². The highest BCUT2D eigenvalue weighted by Gasteiger charge is 2.21. The maximum atomic E-state index is 11.5. The molecule has 2 N–H and O–H groups in total. The average molecular weight is 221 g/mol. The molecule has 1 unspecified atom stereocenters. The summed E-state index contributed by atoms with van der Waals surface area (Å²) in [6, 6.07) is 4.57. The molecule has 0 radical (unpaired) electrons. The first-order valence-corrected chi connectivity index (χ1v) is 5.27. The Morgan fingerprint density at radius 3 is 2.67 bits per heavy atom. The fraction of sp³-hybridized carbons (Fsp3) is 0. The fourth-order valence-electron chi connectivity index (χ4n) is 1.45. The van der Waals surface area contributed by atoms with Crippen LogP contribution in [-0.2, 0) is 11.1 Å². The van der Waals surface area contributed by atoms with Gasteiger partial charge < -0.3 is 4.55 Å². The largest absolute Gasteiger partial charge is 0.302 e. The van der Waals surface area contributed by atoms with Crippen molar-refractivity contribution in [3.63, 3.8) is 0 Å². The number of fused-ring (bicyclic) bond motifs is 1. The van der Waals surface area contributed by atoms with Crippen molar-refractivity contribution in [3.05, 3.63) is 35.4 Å². The van der Waals surface area contributed by atoms with Gasteiger partial charge in [-0.1, -0.05) is 18.2 Å². The Kier molecular flexibility index (Phi) is 2.34. The lowest BCUT2D eigenvalue weighted by atomic mass is 9.95. The van der Waals surface area contributed by atoms with Crippen molar-refractivity contribution in [3.8, 4) is 0 Å². The van der Waals surface area contributed by atoms with Crippen LogP contribution < -0.4 is 0 Å². The van der Waals surface area contributed by atoms with Crippen molar-refractivity contribution in [1.29, 1.82) is 5.41 Å². The smallest absolute Gasteiger partial charge is 0.211 e. The maximum absolute atomic E-state index is 11.5. The van der Waals surface area contributed by atoms with E-state index in [1.54, 1.807) is 6.07 Å². The Labute approximate surface area is 88.4 Å². The van der Waals surface area contributed by atoms with Crippen LogP contribution in [0.3, 0.4) is 0 Å². The van der Waals surface area contributed by atoms with Crippen molar-refractivity contribution in [2.24, 2.45) is 0 Å². The molecule has 0 bridgehead atoms. The van der Waals surface area contributed by atoms with Crippen LogP contribution in [0.25, 0.3) is 6.08 Å². The molecule has 0 amide bonds. The first-order valence-electron chi connectivity index (χ1n) is 4.16. The second kappa shape index (κ2) is 3.52. The Bertz CT molecular complexity index is 519. The predicted octanol–water partition coefficient (Wildman–Crippen LogP) is 1.50. The third-order valence-corrected chi connectivity index (χ3v) is 2.89. The third kappa shape index (κ3) is 1.55. The van der Waals surface area contributed by atoms with Crippen LogP contribution in [-0.4, -0.2) is 20.3 Å². The van der Waals surface area contributed by atoms with E-state index < -0.39 is 16.9 Å². The molecular formula is C10H7NO3S. The van der Waals surface area contributed by atoms with Gasteiger partial charge in [0, 0.05) is 11.1 Å². The Balaban J connectivity index is 2.72. The summed E-state index contributed by atoms with van der Waals surface area (Å²) in [5.74, 6) is -0.417. The zero-order chi connectivity index (χ0) is 11.0. The summed E-state index contributed by atoms with van der Waals surface area (Å²) in [4.78, 5) is 11.7. The SMILES string of the molecule is N=C1C=Cc2c(cccc2S(=O)O)C1=O. The lowest BCUT2D eigenvalue weighted by molar-refractivity contribution is 0.106. The van der Waals surface area contributed by atoms with E-state index in [2.05, 4.69) is 0 Å². The molecule has 2 rings (SSSR count). The Morgan fingerprint density at radius 2 is 2.00 bits per heavy atom. The predicted molar refractivity (Wildman–Crippen MR) is 56.6 cm³/mol. The van der Waals surface area contributed by atoms with E-state index in [0.717, 1.165) is 0 Å². The molecule has 0 aliphatic heterocycles. The van der Waals surface area contributed by atoms with Gasteiger partial charge >= 0.3 is 0 Å². The monoisotopic (exact) mass is 221 g/mol. The second-order valence-corrected chi connectivity index (χ2v) is 3.98. The van der Waals surface area contributed by atoms with Gasteiger partial charge in [0.1, 0.15) is 5.71 Å². The molecule has 0 spiro atoms. The van der Waals surface area contributed by atoms with Crippen LogP contribution in [0, 0.1) is 5.41 Å². The van der Waals surface area contributed by atoms with Crippen LogP contribution in [0.1, 0.15) is 15.9 Å². The lowest BCUT2D eigenvalue weighted by Crippen LogP contribution is -2.16. The molecule has 0 saturated heterocycles. The second-order valence-electron chi connectivity index (χ2n) is 3.04. The van der Waals surface area contributed by atoms with Gasteiger partial charge in [-0.2, -0.15) is 0 Å². The molecule has 0 saturated carbocycles. The standard InChI is InChI=1S/C10H7NO3S/c11-8-5-4-6-7(10(8)12)2-1-3-9(6)15(13)14/h1-5,11H,(H,13,14). The van der Waals surface area contributed by atoms with Gasteiger partial charge in [0.2, 0.25) is 5.78 Å². The maximum Gasteiger partial charge on any atom is 0.211 e. The van der Waals surface area contributed by atoms with Crippen LogP contribution in [0.5, 0.6) is 0 Å².